The van der Waals surface area contributed by atoms with Crippen molar-refractivity contribution in [1.29, 1.82) is 0 Å². The lowest BCUT2D eigenvalue weighted by molar-refractivity contribution is -0.120. The summed E-state index contributed by atoms with van der Waals surface area (Å²) in [7, 11) is 1.87. The molecule has 1 unspecified atom stereocenters. The van der Waals surface area contributed by atoms with E-state index in [1.54, 1.807) is 4.68 Å². The maximum absolute atomic E-state index is 11.8. The van der Waals surface area contributed by atoms with Gasteiger partial charge in [0.1, 0.15) is 5.78 Å². The fourth-order valence-electron chi connectivity index (χ4n) is 1.88. The van der Waals surface area contributed by atoms with Crippen LogP contribution in [0.1, 0.15) is 26.0 Å². The normalized spacial score (nSPS) is 23.5. The number of hydrogen-bond acceptors (Lipinski definition) is 2. The molecular formula is C11H16N2O. The molecule has 0 N–H and O–H groups in total. The highest BCUT2D eigenvalue weighted by Crippen LogP contribution is 2.52. The molecule has 0 spiro atoms. The number of aromatic nitrogens is 2. The molecular weight excluding hydrogens is 176 g/mol. The Bertz CT molecular complexity index is 365. The Morgan fingerprint density at radius 2 is 2.36 bits per heavy atom. The molecule has 0 bridgehead atoms. The second-order valence-corrected chi connectivity index (χ2v) is 4.87. The monoisotopic (exact) mass is 192 g/mol. The summed E-state index contributed by atoms with van der Waals surface area (Å²) in [5.41, 5.74) is 1.13. The maximum Gasteiger partial charge on any atom is 0.142 e. The predicted molar refractivity (Wildman–Crippen MR) is 53.8 cm³/mol. The van der Waals surface area contributed by atoms with Gasteiger partial charge in [0.25, 0.3) is 0 Å². The highest BCUT2D eigenvalue weighted by atomic mass is 16.1. The van der Waals surface area contributed by atoms with E-state index in [1.807, 2.05) is 19.3 Å². The van der Waals surface area contributed by atoms with Crippen LogP contribution in [0.4, 0.5) is 0 Å². The highest BCUT2D eigenvalue weighted by Gasteiger charge is 2.49. The third-order valence-corrected chi connectivity index (χ3v) is 3.03. The number of hydrogen-bond donors (Lipinski definition) is 0. The van der Waals surface area contributed by atoms with Crippen LogP contribution < -0.4 is 0 Å². The SMILES string of the molecule is Cn1ccc(CC(=O)C2CC2(C)C)n1. The standard InChI is InChI=1S/C11H16N2O/c1-11(2)7-9(11)10(14)6-8-4-5-13(3)12-8/h4-5,9H,6-7H2,1-3H3. The van der Waals surface area contributed by atoms with Gasteiger partial charge in [-0.2, -0.15) is 5.10 Å². The molecule has 76 valence electrons. The number of carbonyl (C=O) groups excluding carboxylic acids is 1. The average molecular weight is 192 g/mol. The molecule has 2 rings (SSSR count). The van der Waals surface area contributed by atoms with Gasteiger partial charge in [0.05, 0.1) is 12.1 Å². The summed E-state index contributed by atoms with van der Waals surface area (Å²) in [6.07, 6.45) is 3.41. The summed E-state index contributed by atoms with van der Waals surface area (Å²) >= 11 is 0. The number of nitrogens with zero attached hydrogens (tertiary/aromatic N) is 2. The van der Waals surface area contributed by atoms with Crippen LogP contribution in [0.2, 0.25) is 0 Å². The van der Waals surface area contributed by atoms with E-state index in [2.05, 4.69) is 18.9 Å². The van der Waals surface area contributed by atoms with E-state index in [-0.39, 0.29) is 11.3 Å². The summed E-state index contributed by atoms with van der Waals surface area (Å²) in [4.78, 5) is 11.8. The minimum Gasteiger partial charge on any atom is -0.299 e. The fraction of sp³-hybridized carbons (Fsp3) is 0.636. The highest BCUT2D eigenvalue weighted by molar-refractivity contribution is 5.86. The van der Waals surface area contributed by atoms with Crippen molar-refractivity contribution in [1.82, 2.24) is 9.78 Å². The van der Waals surface area contributed by atoms with Crippen molar-refractivity contribution in [3.8, 4) is 0 Å². The second kappa shape index (κ2) is 2.94. The molecule has 0 radical (unpaired) electrons. The zero-order valence-electron chi connectivity index (χ0n) is 8.95. The van der Waals surface area contributed by atoms with Crippen LogP contribution in [0.5, 0.6) is 0 Å². The summed E-state index contributed by atoms with van der Waals surface area (Å²) in [5, 5.41) is 4.20. The third kappa shape index (κ3) is 1.72. The van der Waals surface area contributed by atoms with Crippen molar-refractivity contribution < 1.29 is 4.79 Å². The van der Waals surface area contributed by atoms with Crippen molar-refractivity contribution in [3.63, 3.8) is 0 Å². The van der Waals surface area contributed by atoms with E-state index < -0.39 is 0 Å². The lowest BCUT2D eigenvalue weighted by atomic mass is 10.0. The van der Waals surface area contributed by atoms with Crippen LogP contribution in [0.15, 0.2) is 12.3 Å². The summed E-state index contributed by atoms with van der Waals surface area (Å²) in [5.74, 6) is 0.609. The van der Waals surface area contributed by atoms with E-state index in [9.17, 15) is 4.79 Å². The van der Waals surface area contributed by atoms with Crippen LogP contribution in [-0.2, 0) is 18.3 Å². The topological polar surface area (TPSA) is 34.9 Å². The van der Waals surface area contributed by atoms with Gasteiger partial charge in [-0.25, -0.2) is 0 Å². The van der Waals surface area contributed by atoms with Gasteiger partial charge >= 0.3 is 0 Å². The van der Waals surface area contributed by atoms with Gasteiger partial charge in [-0.3, -0.25) is 9.48 Å². The maximum atomic E-state index is 11.8. The molecule has 1 atom stereocenters. The minimum absolute atomic E-state index is 0.242. The molecule has 1 aromatic heterocycles. The van der Waals surface area contributed by atoms with E-state index in [0.29, 0.717) is 12.2 Å². The summed E-state index contributed by atoms with van der Waals surface area (Å²) < 4.78 is 1.74. The van der Waals surface area contributed by atoms with Gasteiger partial charge in [0.15, 0.2) is 0 Å². The molecule has 0 aliphatic heterocycles. The number of Topliss-reactive ketones (excluding diaryl/α,β-unsaturated/α-hetero) is 1. The first kappa shape index (κ1) is 9.44. The summed E-state index contributed by atoms with van der Waals surface area (Å²) in [6, 6.07) is 1.91. The van der Waals surface area contributed by atoms with Gasteiger partial charge in [-0.1, -0.05) is 13.8 Å². The zero-order chi connectivity index (χ0) is 10.3. The zero-order valence-corrected chi connectivity index (χ0v) is 8.95. The van der Waals surface area contributed by atoms with Gasteiger partial charge in [0.2, 0.25) is 0 Å². The van der Waals surface area contributed by atoms with Crippen molar-refractivity contribution >= 4 is 5.78 Å². The van der Waals surface area contributed by atoms with Crippen molar-refractivity contribution in [3.05, 3.63) is 18.0 Å². The van der Waals surface area contributed by atoms with E-state index in [0.717, 1.165) is 12.1 Å². The van der Waals surface area contributed by atoms with Crippen LogP contribution in [0.3, 0.4) is 0 Å². The Balaban J connectivity index is 1.96. The number of rotatable bonds is 3. The Kier molecular flexibility index (Phi) is 1.98. The first-order chi connectivity index (χ1) is 6.49. The molecule has 0 amide bonds. The molecule has 1 aliphatic rings. The molecule has 1 heterocycles. The molecule has 3 heteroatoms. The quantitative estimate of drug-likeness (QED) is 0.728. The van der Waals surface area contributed by atoms with Crippen LogP contribution >= 0.6 is 0 Å². The van der Waals surface area contributed by atoms with Crippen LogP contribution in [-0.4, -0.2) is 15.6 Å². The van der Waals surface area contributed by atoms with Crippen molar-refractivity contribution in [2.24, 2.45) is 18.4 Å². The van der Waals surface area contributed by atoms with Crippen molar-refractivity contribution in [2.45, 2.75) is 26.7 Å². The molecule has 3 nitrogen and oxygen atoms in total. The lowest BCUT2D eigenvalue weighted by Crippen LogP contribution is -2.09. The first-order valence-corrected chi connectivity index (χ1v) is 5.00. The van der Waals surface area contributed by atoms with E-state index >= 15 is 0 Å². The molecule has 1 aliphatic carbocycles. The summed E-state index contributed by atoms with van der Waals surface area (Å²) in [6.45, 7) is 4.29. The number of carbonyl (C=O) groups is 1. The first-order valence-electron chi connectivity index (χ1n) is 5.00. The fourth-order valence-corrected chi connectivity index (χ4v) is 1.88. The van der Waals surface area contributed by atoms with E-state index in [1.165, 1.54) is 0 Å². The van der Waals surface area contributed by atoms with Gasteiger partial charge in [-0.15, -0.1) is 0 Å². The Labute approximate surface area is 84.1 Å². The average Bonchev–Trinajstić information content (AvgIpc) is 2.51. The predicted octanol–water partition coefficient (Wildman–Crippen LogP) is 1.58. The van der Waals surface area contributed by atoms with Gasteiger partial charge in [0, 0.05) is 19.2 Å². The Morgan fingerprint density at radius 1 is 1.71 bits per heavy atom. The van der Waals surface area contributed by atoms with Crippen LogP contribution in [0, 0.1) is 11.3 Å². The smallest absolute Gasteiger partial charge is 0.142 e. The molecule has 1 aromatic rings. The Hall–Kier alpha value is -1.12. The minimum atomic E-state index is 0.242. The molecule has 0 saturated heterocycles. The largest absolute Gasteiger partial charge is 0.299 e. The Morgan fingerprint density at radius 3 is 2.79 bits per heavy atom. The molecule has 1 saturated carbocycles. The lowest BCUT2D eigenvalue weighted by Gasteiger charge is -2.00. The number of aryl methyl sites for hydroxylation is 1. The third-order valence-electron chi connectivity index (χ3n) is 3.03. The van der Waals surface area contributed by atoms with Crippen molar-refractivity contribution in [2.75, 3.05) is 0 Å². The molecule has 0 aromatic carbocycles. The van der Waals surface area contributed by atoms with Gasteiger partial charge in [-0.05, 0) is 17.9 Å². The van der Waals surface area contributed by atoms with Crippen LogP contribution in [0.25, 0.3) is 0 Å². The molecule has 14 heavy (non-hydrogen) atoms. The molecule has 1 fully saturated rings. The second-order valence-electron chi connectivity index (χ2n) is 4.87. The van der Waals surface area contributed by atoms with Gasteiger partial charge < -0.3 is 0 Å². The number of ketones is 1. The van der Waals surface area contributed by atoms with E-state index in [4.69, 9.17) is 0 Å².